The summed E-state index contributed by atoms with van der Waals surface area (Å²) in [4.78, 5) is 23.4. The zero-order chi connectivity index (χ0) is 14.6. The van der Waals surface area contributed by atoms with Gasteiger partial charge in [-0.25, -0.2) is 0 Å². The predicted octanol–water partition coefficient (Wildman–Crippen LogP) is 2.10. The lowest BCUT2D eigenvalue weighted by atomic mass is 9.79. The van der Waals surface area contributed by atoms with Crippen LogP contribution in [0.4, 0.5) is 0 Å². The molecule has 2 N–H and O–H groups in total. The second-order valence-corrected chi connectivity index (χ2v) is 6.68. The van der Waals surface area contributed by atoms with Crippen LogP contribution in [-0.4, -0.2) is 35.7 Å². The lowest BCUT2D eigenvalue weighted by Crippen LogP contribution is -2.50. The second kappa shape index (κ2) is 6.12. The maximum atomic E-state index is 12.3. The average molecular weight is 283 g/mol. The lowest BCUT2D eigenvalue weighted by Gasteiger charge is -2.36. The number of amides is 1. The zero-order valence-corrected chi connectivity index (χ0v) is 12.2. The molecule has 0 aromatic heterocycles. The van der Waals surface area contributed by atoms with Crippen LogP contribution in [0.25, 0.3) is 0 Å². The molecule has 0 aromatic carbocycles. The number of rotatable bonds is 5. The van der Waals surface area contributed by atoms with Crippen LogP contribution in [0.2, 0.25) is 0 Å². The van der Waals surface area contributed by atoms with Crippen molar-refractivity contribution in [3.8, 4) is 0 Å². The minimum atomic E-state index is -0.794. The van der Waals surface area contributed by atoms with Crippen LogP contribution in [0, 0.1) is 5.41 Å². The Bertz CT molecular complexity index is 368. The molecule has 20 heavy (non-hydrogen) atoms. The molecule has 2 aliphatic rings. The summed E-state index contributed by atoms with van der Waals surface area (Å²) in [5.41, 5.74) is -0.518. The third kappa shape index (κ3) is 3.95. The number of ether oxygens (including phenoxy) is 1. The van der Waals surface area contributed by atoms with Gasteiger partial charge in [-0.15, -0.1) is 0 Å². The maximum Gasteiger partial charge on any atom is 0.303 e. The van der Waals surface area contributed by atoms with Gasteiger partial charge in [-0.05, 0) is 38.0 Å². The molecular weight excluding hydrogens is 258 g/mol. The van der Waals surface area contributed by atoms with Crippen LogP contribution in [0.3, 0.4) is 0 Å². The van der Waals surface area contributed by atoms with E-state index in [0.29, 0.717) is 19.6 Å². The Morgan fingerprint density at radius 2 is 1.70 bits per heavy atom. The summed E-state index contributed by atoms with van der Waals surface area (Å²) in [5.74, 6) is -0.797. The topological polar surface area (TPSA) is 75.6 Å². The van der Waals surface area contributed by atoms with Gasteiger partial charge in [0.25, 0.3) is 0 Å². The van der Waals surface area contributed by atoms with Crippen molar-refractivity contribution in [3.05, 3.63) is 0 Å². The van der Waals surface area contributed by atoms with Gasteiger partial charge in [0.2, 0.25) is 5.91 Å². The van der Waals surface area contributed by atoms with Crippen LogP contribution in [0.15, 0.2) is 0 Å². The van der Waals surface area contributed by atoms with Crippen LogP contribution in [0.1, 0.15) is 58.3 Å². The molecule has 0 radical (unpaired) electrons. The van der Waals surface area contributed by atoms with E-state index in [-0.39, 0.29) is 23.3 Å². The quantitative estimate of drug-likeness (QED) is 0.810. The van der Waals surface area contributed by atoms with Gasteiger partial charge in [0.05, 0.1) is 6.42 Å². The van der Waals surface area contributed by atoms with Gasteiger partial charge in [-0.1, -0.05) is 12.8 Å². The summed E-state index contributed by atoms with van der Waals surface area (Å²) in [6, 6.07) is 0. The third-order valence-corrected chi connectivity index (χ3v) is 4.76. The van der Waals surface area contributed by atoms with Crippen molar-refractivity contribution in [3.63, 3.8) is 0 Å². The van der Waals surface area contributed by atoms with Crippen molar-refractivity contribution in [1.82, 2.24) is 5.32 Å². The van der Waals surface area contributed by atoms with E-state index in [0.717, 1.165) is 38.5 Å². The molecule has 0 atom stereocenters. The maximum absolute atomic E-state index is 12.3. The number of nitrogens with one attached hydrogen (secondary N) is 1. The first-order chi connectivity index (χ1) is 9.43. The van der Waals surface area contributed by atoms with Crippen LogP contribution < -0.4 is 5.32 Å². The molecule has 1 saturated carbocycles. The fraction of sp³-hybridized carbons (Fsp3) is 0.867. The van der Waals surface area contributed by atoms with Gasteiger partial charge in [-0.2, -0.15) is 0 Å². The van der Waals surface area contributed by atoms with Gasteiger partial charge >= 0.3 is 5.97 Å². The van der Waals surface area contributed by atoms with Gasteiger partial charge in [0.15, 0.2) is 0 Å². The zero-order valence-electron chi connectivity index (χ0n) is 12.2. The highest BCUT2D eigenvalue weighted by molar-refractivity contribution is 5.78. The molecule has 0 spiro atoms. The molecule has 2 fully saturated rings. The van der Waals surface area contributed by atoms with Crippen molar-refractivity contribution >= 4 is 11.9 Å². The number of carboxylic acid groups (broad SMARTS) is 1. The van der Waals surface area contributed by atoms with Crippen molar-refractivity contribution in [2.75, 3.05) is 13.2 Å². The van der Waals surface area contributed by atoms with Crippen molar-refractivity contribution in [2.24, 2.45) is 5.41 Å². The number of hydrogen-bond donors (Lipinski definition) is 2. The molecular formula is C15H25NO4. The van der Waals surface area contributed by atoms with Gasteiger partial charge in [0, 0.05) is 25.2 Å². The fourth-order valence-corrected chi connectivity index (χ4v) is 3.53. The first kappa shape index (κ1) is 15.3. The average Bonchev–Trinajstić information content (AvgIpc) is 2.76. The van der Waals surface area contributed by atoms with Crippen molar-refractivity contribution < 1.29 is 19.4 Å². The van der Waals surface area contributed by atoms with E-state index < -0.39 is 5.97 Å². The minimum absolute atomic E-state index is 0.00227. The van der Waals surface area contributed by atoms with Gasteiger partial charge in [-0.3, -0.25) is 9.59 Å². The first-order valence-corrected chi connectivity index (χ1v) is 7.54. The third-order valence-electron chi connectivity index (χ3n) is 4.76. The molecule has 2 rings (SSSR count). The number of aliphatic carboxylic acids is 1. The summed E-state index contributed by atoms with van der Waals surface area (Å²) in [6.45, 7) is 3.40. The minimum Gasteiger partial charge on any atom is -0.481 e. The highest BCUT2D eigenvalue weighted by Gasteiger charge is 2.39. The number of hydrogen-bond acceptors (Lipinski definition) is 3. The Balaban J connectivity index is 1.93. The van der Waals surface area contributed by atoms with E-state index in [1.807, 2.05) is 6.92 Å². The van der Waals surface area contributed by atoms with E-state index in [4.69, 9.17) is 9.84 Å². The molecule has 1 saturated heterocycles. The normalized spacial score (nSPS) is 24.2. The first-order valence-electron chi connectivity index (χ1n) is 7.54. The predicted molar refractivity (Wildman–Crippen MR) is 74.4 cm³/mol. The standard InChI is InChI=1S/C15H25NO4/c1-14(6-8-20-9-7-14)16-12(17)10-15(11-13(18)19)4-2-3-5-15/h2-11H2,1H3,(H,16,17)(H,18,19). The van der Waals surface area contributed by atoms with Crippen LogP contribution in [-0.2, 0) is 14.3 Å². The molecule has 5 heteroatoms. The Hall–Kier alpha value is -1.10. The monoisotopic (exact) mass is 283 g/mol. The highest BCUT2D eigenvalue weighted by Crippen LogP contribution is 2.44. The summed E-state index contributed by atoms with van der Waals surface area (Å²) in [6.07, 6.45) is 5.88. The van der Waals surface area contributed by atoms with E-state index in [1.165, 1.54) is 0 Å². The number of carbonyl (C=O) groups excluding carboxylic acids is 1. The van der Waals surface area contributed by atoms with Crippen LogP contribution >= 0.6 is 0 Å². The Morgan fingerprint density at radius 1 is 1.10 bits per heavy atom. The molecule has 1 aliphatic heterocycles. The molecule has 0 unspecified atom stereocenters. The van der Waals surface area contributed by atoms with E-state index in [2.05, 4.69) is 5.32 Å². The van der Waals surface area contributed by atoms with E-state index in [1.54, 1.807) is 0 Å². The van der Waals surface area contributed by atoms with Crippen molar-refractivity contribution in [1.29, 1.82) is 0 Å². The molecule has 1 amide bonds. The molecule has 5 nitrogen and oxygen atoms in total. The highest BCUT2D eigenvalue weighted by atomic mass is 16.5. The Labute approximate surface area is 120 Å². The molecule has 1 heterocycles. The molecule has 1 aliphatic carbocycles. The number of carboxylic acids is 1. The van der Waals surface area contributed by atoms with Crippen LogP contribution in [0.5, 0.6) is 0 Å². The second-order valence-electron chi connectivity index (χ2n) is 6.68. The molecule has 114 valence electrons. The lowest BCUT2D eigenvalue weighted by molar-refractivity contribution is -0.140. The largest absolute Gasteiger partial charge is 0.481 e. The van der Waals surface area contributed by atoms with Gasteiger partial charge in [0.1, 0.15) is 0 Å². The van der Waals surface area contributed by atoms with E-state index >= 15 is 0 Å². The summed E-state index contributed by atoms with van der Waals surface area (Å²) in [5, 5.41) is 12.2. The van der Waals surface area contributed by atoms with Gasteiger partial charge < -0.3 is 15.2 Å². The summed E-state index contributed by atoms with van der Waals surface area (Å²) >= 11 is 0. The summed E-state index contributed by atoms with van der Waals surface area (Å²) in [7, 11) is 0. The SMILES string of the molecule is CC1(NC(=O)CC2(CC(=O)O)CCCC2)CCOCC1. The number of carbonyl (C=O) groups is 2. The van der Waals surface area contributed by atoms with Crippen molar-refractivity contribution in [2.45, 2.75) is 63.8 Å². The Kier molecular flexibility index (Phi) is 4.68. The smallest absolute Gasteiger partial charge is 0.303 e. The van der Waals surface area contributed by atoms with E-state index in [9.17, 15) is 9.59 Å². The molecule has 0 aromatic rings. The fourth-order valence-electron chi connectivity index (χ4n) is 3.53. The Morgan fingerprint density at radius 3 is 2.25 bits per heavy atom. The molecule has 0 bridgehead atoms. The summed E-state index contributed by atoms with van der Waals surface area (Å²) < 4.78 is 5.32.